The van der Waals surface area contributed by atoms with Crippen molar-refractivity contribution in [3.8, 4) is 0 Å². The highest BCUT2D eigenvalue weighted by Gasteiger charge is 1.92. The van der Waals surface area contributed by atoms with Crippen LogP contribution in [0.5, 0.6) is 0 Å². The average Bonchev–Trinajstić information content (AvgIpc) is 2.33. The van der Waals surface area contributed by atoms with E-state index in [1.54, 1.807) is 6.92 Å². The van der Waals surface area contributed by atoms with Gasteiger partial charge >= 0.3 is 0 Å². The normalized spacial score (nSPS) is 7.94. The lowest BCUT2D eigenvalue weighted by Gasteiger charge is -1.89. The maximum absolute atomic E-state index is 10.6. The third-order valence-corrected chi connectivity index (χ3v) is 2.18. The highest BCUT2D eigenvalue weighted by molar-refractivity contribution is 5.93. The van der Waals surface area contributed by atoms with Gasteiger partial charge in [0.15, 0.2) is 5.78 Å². The van der Waals surface area contributed by atoms with Gasteiger partial charge in [0, 0.05) is 5.56 Å². The number of ketones is 1. The highest BCUT2D eigenvalue weighted by atomic mass is 16.1. The minimum Gasteiger partial charge on any atom is -0.295 e. The van der Waals surface area contributed by atoms with E-state index in [9.17, 15) is 4.79 Å². The Bertz CT molecular complexity index is 316. The second-order valence-corrected chi connectivity index (χ2v) is 3.92. The fourth-order valence-corrected chi connectivity index (χ4v) is 0.673. The second kappa shape index (κ2) is 11.1. The van der Waals surface area contributed by atoms with Crippen molar-refractivity contribution in [2.24, 2.45) is 0 Å². The van der Waals surface area contributed by atoms with Crippen molar-refractivity contribution in [3.63, 3.8) is 0 Å². The van der Waals surface area contributed by atoms with Gasteiger partial charge in [-0.1, -0.05) is 55.3 Å². The fraction of sp³-hybridized carbons (Fsp3) is 0.438. The molecule has 0 unspecified atom stereocenters. The summed E-state index contributed by atoms with van der Waals surface area (Å²) in [6.45, 7) is 14.0. The lowest BCUT2D eigenvalue weighted by atomic mass is 10.2. The van der Waals surface area contributed by atoms with Crippen LogP contribution >= 0.6 is 0 Å². The topological polar surface area (TPSA) is 17.1 Å². The molecule has 0 aliphatic rings. The van der Waals surface area contributed by atoms with Crippen molar-refractivity contribution in [1.29, 1.82) is 0 Å². The fourth-order valence-electron chi connectivity index (χ4n) is 0.673. The zero-order chi connectivity index (χ0) is 13.8. The highest BCUT2D eigenvalue weighted by Crippen LogP contribution is 1.97. The maximum Gasteiger partial charge on any atom is 0.159 e. The van der Waals surface area contributed by atoms with Gasteiger partial charge in [0.05, 0.1) is 0 Å². The van der Waals surface area contributed by atoms with Gasteiger partial charge in [-0.2, -0.15) is 0 Å². The largest absolute Gasteiger partial charge is 0.295 e. The van der Waals surface area contributed by atoms with Crippen LogP contribution in [0.1, 0.15) is 58.8 Å². The number of carbonyl (C=O) groups is 1. The van der Waals surface area contributed by atoms with Crippen LogP contribution in [-0.4, -0.2) is 5.78 Å². The molecule has 0 saturated carbocycles. The van der Waals surface area contributed by atoms with Gasteiger partial charge in [-0.15, -0.1) is 0 Å². The average molecular weight is 234 g/mol. The predicted octanol–water partition coefficient (Wildman–Crippen LogP) is 5.28. The first-order valence-electron chi connectivity index (χ1n) is 6.11. The number of benzene rings is 1. The molecule has 0 saturated heterocycles. The van der Waals surface area contributed by atoms with Crippen molar-refractivity contribution in [2.45, 2.75) is 48.5 Å². The number of rotatable bonds is 1. The monoisotopic (exact) mass is 234 g/mol. The van der Waals surface area contributed by atoms with Crippen molar-refractivity contribution in [3.05, 3.63) is 47.0 Å². The van der Waals surface area contributed by atoms with Crippen LogP contribution in [-0.2, 0) is 0 Å². The first-order chi connectivity index (χ1) is 7.95. The standard InChI is InChI=1S/C8H8O.C6H12.C2H6/c1-7(9)8-5-3-2-4-6-8;1-5(2)6(3)4;1-2/h2-6H,1H3;1-4H3;1-2H3. The third kappa shape index (κ3) is 10.9. The molecule has 0 heterocycles. The lowest BCUT2D eigenvalue weighted by molar-refractivity contribution is 0.101. The van der Waals surface area contributed by atoms with E-state index in [2.05, 4.69) is 27.7 Å². The minimum absolute atomic E-state index is 0.121. The predicted molar refractivity (Wildman–Crippen MR) is 77.5 cm³/mol. The van der Waals surface area contributed by atoms with Gasteiger partial charge in [-0.05, 0) is 34.6 Å². The molecule has 0 fully saturated rings. The zero-order valence-electron chi connectivity index (χ0n) is 12.3. The van der Waals surface area contributed by atoms with E-state index in [1.807, 2.05) is 44.2 Å². The molecule has 0 spiro atoms. The molecule has 0 aliphatic heterocycles. The molecule has 1 nitrogen and oxygen atoms in total. The smallest absolute Gasteiger partial charge is 0.159 e. The molecule has 0 bridgehead atoms. The molecule has 0 radical (unpaired) electrons. The van der Waals surface area contributed by atoms with E-state index in [0.717, 1.165) is 5.56 Å². The van der Waals surface area contributed by atoms with Gasteiger partial charge in [0.2, 0.25) is 0 Å². The molecule has 17 heavy (non-hydrogen) atoms. The molecule has 1 aromatic rings. The van der Waals surface area contributed by atoms with Crippen LogP contribution in [0.3, 0.4) is 0 Å². The van der Waals surface area contributed by atoms with Crippen LogP contribution in [0, 0.1) is 0 Å². The molecule has 1 rings (SSSR count). The molecule has 1 aromatic carbocycles. The summed E-state index contributed by atoms with van der Waals surface area (Å²) in [5.74, 6) is 0.121. The number of hydrogen-bond donors (Lipinski definition) is 0. The van der Waals surface area contributed by atoms with Crippen LogP contribution in [0.15, 0.2) is 41.5 Å². The van der Waals surface area contributed by atoms with E-state index in [0.29, 0.717) is 0 Å². The summed E-state index contributed by atoms with van der Waals surface area (Å²) in [5.41, 5.74) is 3.63. The van der Waals surface area contributed by atoms with Crippen LogP contribution in [0.25, 0.3) is 0 Å². The maximum atomic E-state index is 10.6. The summed E-state index contributed by atoms with van der Waals surface area (Å²) in [5, 5.41) is 0. The Morgan fingerprint density at radius 1 is 0.765 bits per heavy atom. The Morgan fingerprint density at radius 3 is 1.29 bits per heavy atom. The van der Waals surface area contributed by atoms with E-state index >= 15 is 0 Å². The van der Waals surface area contributed by atoms with Gasteiger partial charge in [-0.25, -0.2) is 0 Å². The zero-order valence-corrected chi connectivity index (χ0v) is 12.3. The Balaban J connectivity index is 0. The molecule has 1 heteroatoms. The molecule has 96 valence electrons. The van der Waals surface area contributed by atoms with Crippen molar-refractivity contribution < 1.29 is 4.79 Å². The Hall–Kier alpha value is -1.37. The van der Waals surface area contributed by atoms with Crippen LogP contribution in [0.2, 0.25) is 0 Å². The van der Waals surface area contributed by atoms with Gasteiger partial charge < -0.3 is 0 Å². The van der Waals surface area contributed by atoms with Gasteiger partial charge in [0.25, 0.3) is 0 Å². The summed E-state index contributed by atoms with van der Waals surface area (Å²) < 4.78 is 0. The Labute approximate surface area is 107 Å². The molecule has 0 aromatic heterocycles. The Morgan fingerprint density at radius 2 is 1.12 bits per heavy atom. The number of carbonyl (C=O) groups excluding carboxylic acids is 1. The third-order valence-electron chi connectivity index (χ3n) is 2.18. The Kier molecular flexibility index (Phi) is 11.8. The van der Waals surface area contributed by atoms with E-state index in [1.165, 1.54) is 11.1 Å². The van der Waals surface area contributed by atoms with E-state index in [-0.39, 0.29) is 5.78 Å². The number of hydrogen-bond acceptors (Lipinski definition) is 1. The van der Waals surface area contributed by atoms with Crippen molar-refractivity contribution >= 4 is 5.78 Å². The second-order valence-electron chi connectivity index (χ2n) is 3.92. The molecule has 0 aliphatic carbocycles. The SMILES string of the molecule is CC.CC(=O)c1ccccc1.CC(C)=C(C)C. The first kappa shape index (κ1) is 18.0. The molecule has 0 N–H and O–H groups in total. The lowest BCUT2D eigenvalue weighted by Crippen LogP contribution is -1.88. The van der Waals surface area contributed by atoms with E-state index < -0.39 is 0 Å². The summed E-state index contributed by atoms with van der Waals surface area (Å²) in [7, 11) is 0. The van der Waals surface area contributed by atoms with Gasteiger partial charge in [0.1, 0.15) is 0 Å². The molecule has 0 amide bonds. The molecular weight excluding hydrogens is 208 g/mol. The van der Waals surface area contributed by atoms with Crippen LogP contribution in [0.4, 0.5) is 0 Å². The molecule has 0 atom stereocenters. The quantitative estimate of drug-likeness (QED) is 0.477. The molecular formula is C16H26O. The summed E-state index contributed by atoms with van der Waals surface area (Å²) in [6.07, 6.45) is 0. The number of allylic oxidation sites excluding steroid dienone is 2. The summed E-state index contributed by atoms with van der Waals surface area (Å²) in [4.78, 5) is 10.6. The minimum atomic E-state index is 0.121. The van der Waals surface area contributed by atoms with Crippen LogP contribution < -0.4 is 0 Å². The first-order valence-corrected chi connectivity index (χ1v) is 6.11. The van der Waals surface area contributed by atoms with Crippen molar-refractivity contribution in [2.75, 3.05) is 0 Å². The van der Waals surface area contributed by atoms with E-state index in [4.69, 9.17) is 0 Å². The summed E-state index contributed by atoms with van der Waals surface area (Å²) in [6, 6.07) is 9.23. The summed E-state index contributed by atoms with van der Waals surface area (Å²) >= 11 is 0. The van der Waals surface area contributed by atoms with Gasteiger partial charge in [-0.3, -0.25) is 4.79 Å². The van der Waals surface area contributed by atoms with Crippen molar-refractivity contribution in [1.82, 2.24) is 0 Å². The number of Topliss-reactive ketones (excluding diaryl/α,β-unsaturated/α-hetero) is 1.